The first-order valence-corrected chi connectivity index (χ1v) is 2.15. The van der Waals surface area contributed by atoms with Gasteiger partial charge in [0.05, 0.1) is 12.4 Å². The molecule has 4 heteroatoms. The fraction of sp³-hybridized carbons (Fsp3) is 0.250. The minimum atomic E-state index is -0.0289. The Balaban J connectivity index is 2.63. The van der Waals surface area contributed by atoms with E-state index in [0.717, 1.165) is 5.06 Å². The molecule has 0 spiro atoms. The van der Waals surface area contributed by atoms with Gasteiger partial charge in [-0.05, 0) is 0 Å². The van der Waals surface area contributed by atoms with Gasteiger partial charge in [-0.15, -0.1) is 0 Å². The van der Waals surface area contributed by atoms with Crippen LogP contribution in [0.25, 0.3) is 0 Å². The maximum Gasteiger partial charge on any atom is 0.151 e. The summed E-state index contributed by atoms with van der Waals surface area (Å²) >= 11 is 0. The van der Waals surface area contributed by atoms with Gasteiger partial charge in [-0.25, -0.2) is 5.06 Å². The molecule has 0 bridgehead atoms. The maximum atomic E-state index is 8.59. The van der Waals surface area contributed by atoms with Gasteiger partial charge in [-0.2, -0.15) is 0 Å². The fourth-order valence-corrected chi connectivity index (χ4v) is 0.445. The Kier molecular flexibility index (Phi) is 1.17. The minimum absolute atomic E-state index is 0.0289. The molecule has 0 aromatic carbocycles. The van der Waals surface area contributed by atoms with Crippen molar-refractivity contribution in [2.24, 2.45) is 4.99 Å². The van der Waals surface area contributed by atoms with E-state index in [1.54, 1.807) is 0 Å². The van der Waals surface area contributed by atoms with E-state index in [-0.39, 0.29) is 12.4 Å². The second-order valence-corrected chi connectivity index (χ2v) is 1.45. The summed E-state index contributed by atoms with van der Waals surface area (Å²) in [6, 6.07) is 0. The number of hydroxylamine groups is 2. The number of nitrogens with zero attached hydrogens (tertiary/aromatic N) is 2. The summed E-state index contributed by atoms with van der Waals surface area (Å²) in [5.41, 5.74) is 0. The molecule has 1 rings (SSSR count). The van der Waals surface area contributed by atoms with E-state index in [2.05, 4.69) is 4.99 Å². The molecule has 1 aliphatic heterocycles. The van der Waals surface area contributed by atoms with Crippen LogP contribution in [0.5, 0.6) is 0 Å². The third kappa shape index (κ3) is 0.974. The van der Waals surface area contributed by atoms with E-state index in [1.165, 1.54) is 12.4 Å². The Labute approximate surface area is 46.3 Å². The lowest BCUT2D eigenvalue weighted by Crippen LogP contribution is -2.16. The van der Waals surface area contributed by atoms with E-state index < -0.39 is 0 Å². The highest BCUT2D eigenvalue weighted by Gasteiger charge is 1.98. The van der Waals surface area contributed by atoms with Crippen LogP contribution in [-0.2, 0) is 0 Å². The smallest absolute Gasteiger partial charge is 0.151 e. The molecule has 0 radical (unpaired) electrons. The molecule has 0 amide bonds. The largest absolute Gasteiger partial charge is 0.505 e. The fourth-order valence-electron chi connectivity index (χ4n) is 0.445. The van der Waals surface area contributed by atoms with Crippen molar-refractivity contribution < 1.29 is 10.3 Å². The quantitative estimate of drug-likeness (QED) is 0.470. The molecular weight excluding hydrogens is 108 g/mol. The van der Waals surface area contributed by atoms with Crippen molar-refractivity contribution in [1.82, 2.24) is 5.06 Å². The second-order valence-electron chi connectivity index (χ2n) is 1.45. The molecule has 1 heterocycles. The van der Waals surface area contributed by atoms with Crippen molar-refractivity contribution in [3.8, 4) is 0 Å². The molecule has 0 saturated heterocycles. The van der Waals surface area contributed by atoms with Gasteiger partial charge in [-0.1, -0.05) is 0 Å². The monoisotopic (exact) mass is 114 g/mol. The van der Waals surface area contributed by atoms with E-state index in [0.29, 0.717) is 0 Å². The average Bonchev–Trinajstić information content (AvgIpc) is 1.64. The van der Waals surface area contributed by atoms with Crippen LogP contribution >= 0.6 is 0 Å². The average molecular weight is 114 g/mol. The van der Waals surface area contributed by atoms with Crippen molar-refractivity contribution in [1.29, 1.82) is 0 Å². The summed E-state index contributed by atoms with van der Waals surface area (Å²) in [5.74, 6) is -0.0289. The van der Waals surface area contributed by atoms with Crippen LogP contribution in [0, 0.1) is 0 Å². The van der Waals surface area contributed by atoms with Gasteiger partial charge in [0.25, 0.3) is 0 Å². The van der Waals surface area contributed by atoms with Crippen LogP contribution in [0.1, 0.15) is 0 Å². The van der Waals surface area contributed by atoms with Gasteiger partial charge in [0.2, 0.25) is 0 Å². The summed E-state index contributed by atoms with van der Waals surface area (Å²) in [5, 5.41) is 18.0. The summed E-state index contributed by atoms with van der Waals surface area (Å²) in [6.45, 7) is 0.198. The normalized spacial score (nSPS) is 18.6. The van der Waals surface area contributed by atoms with Gasteiger partial charge in [0, 0.05) is 0 Å². The molecule has 0 unspecified atom stereocenters. The summed E-state index contributed by atoms with van der Waals surface area (Å²) in [6.07, 6.45) is 2.47. The predicted octanol–water partition coefficient (Wildman–Crippen LogP) is 0.119. The zero-order valence-corrected chi connectivity index (χ0v) is 4.15. The molecule has 0 aromatic rings. The number of hydrogen-bond donors (Lipinski definition) is 2. The van der Waals surface area contributed by atoms with Crippen LogP contribution in [0.4, 0.5) is 0 Å². The molecule has 0 fully saturated rings. The number of aliphatic hydroxyl groups is 1. The number of hydrogen-bond acceptors (Lipinski definition) is 4. The van der Waals surface area contributed by atoms with Crippen molar-refractivity contribution in [2.75, 3.05) is 6.67 Å². The van der Waals surface area contributed by atoms with Crippen LogP contribution < -0.4 is 0 Å². The van der Waals surface area contributed by atoms with Gasteiger partial charge >= 0.3 is 0 Å². The Morgan fingerprint density at radius 2 is 2.50 bits per heavy atom. The molecule has 8 heavy (non-hydrogen) atoms. The summed E-state index contributed by atoms with van der Waals surface area (Å²) in [4.78, 5) is 3.57. The SMILES string of the molecule is OC1=CN(O)CN=C1. The third-order valence-corrected chi connectivity index (χ3v) is 0.731. The first-order valence-electron chi connectivity index (χ1n) is 2.15. The highest BCUT2D eigenvalue weighted by atomic mass is 16.5. The van der Waals surface area contributed by atoms with Gasteiger partial charge < -0.3 is 5.11 Å². The number of rotatable bonds is 0. The van der Waals surface area contributed by atoms with Crippen molar-refractivity contribution >= 4 is 6.21 Å². The first-order chi connectivity index (χ1) is 3.79. The standard InChI is InChI=1S/C4H6N2O2/c7-4-1-5-3-6(8)2-4/h1-2,7-8H,3H2. The van der Waals surface area contributed by atoms with Crippen LogP contribution in [-0.4, -0.2) is 28.3 Å². The predicted molar refractivity (Wildman–Crippen MR) is 27.7 cm³/mol. The van der Waals surface area contributed by atoms with Crippen molar-refractivity contribution in [3.63, 3.8) is 0 Å². The van der Waals surface area contributed by atoms with Crippen molar-refractivity contribution in [2.45, 2.75) is 0 Å². The molecule has 2 N–H and O–H groups in total. The Bertz CT molecular complexity index is 141. The number of aliphatic imine (C=N–C) groups is 1. The lowest BCUT2D eigenvalue weighted by atomic mass is 10.5. The summed E-state index contributed by atoms with van der Waals surface area (Å²) < 4.78 is 0. The van der Waals surface area contributed by atoms with E-state index in [4.69, 9.17) is 10.3 Å². The van der Waals surface area contributed by atoms with E-state index in [1.807, 2.05) is 0 Å². The highest BCUT2D eigenvalue weighted by molar-refractivity contribution is 5.75. The van der Waals surface area contributed by atoms with Gasteiger partial charge in [-0.3, -0.25) is 10.2 Å². The first kappa shape index (κ1) is 5.11. The highest BCUT2D eigenvalue weighted by Crippen LogP contribution is 1.94. The molecule has 0 aliphatic carbocycles. The molecule has 0 atom stereocenters. The lowest BCUT2D eigenvalue weighted by molar-refractivity contribution is -0.0417. The van der Waals surface area contributed by atoms with Crippen molar-refractivity contribution in [3.05, 3.63) is 12.0 Å². The lowest BCUT2D eigenvalue weighted by Gasteiger charge is -2.10. The molecule has 4 nitrogen and oxygen atoms in total. The molecule has 44 valence electrons. The molecule has 0 saturated carbocycles. The van der Waals surface area contributed by atoms with E-state index >= 15 is 0 Å². The Morgan fingerprint density at radius 3 is 2.88 bits per heavy atom. The molecular formula is C4H6N2O2. The Hall–Kier alpha value is -1.03. The van der Waals surface area contributed by atoms with E-state index in [9.17, 15) is 0 Å². The number of allylic oxidation sites excluding steroid dienone is 1. The van der Waals surface area contributed by atoms with Crippen LogP contribution in [0.3, 0.4) is 0 Å². The summed E-state index contributed by atoms with van der Waals surface area (Å²) in [7, 11) is 0. The number of aliphatic hydroxyl groups excluding tert-OH is 1. The third-order valence-electron chi connectivity index (χ3n) is 0.731. The Morgan fingerprint density at radius 1 is 1.75 bits per heavy atom. The molecule has 0 aromatic heterocycles. The van der Waals surface area contributed by atoms with Gasteiger partial charge in [0.15, 0.2) is 5.76 Å². The zero-order chi connectivity index (χ0) is 5.98. The molecule has 1 aliphatic rings. The van der Waals surface area contributed by atoms with Crippen LogP contribution in [0.2, 0.25) is 0 Å². The zero-order valence-electron chi connectivity index (χ0n) is 4.15. The minimum Gasteiger partial charge on any atom is -0.505 e. The topological polar surface area (TPSA) is 56.1 Å². The van der Waals surface area contributed by atoms with Crippen LogP contribution in [0.15, 0.2) is 17.0 Å². The van der Waals surface area contributed by atoms with Gasteiger partial charge in [0.1, 0.15) is 6.67 Å². The maximum absolute atomic E-state index is 8.59. The second kappa shape index (κ2) is 1.83.